The van der Waals surface area contributed by atoms with E-state index in [1.54, 1.807) is 19.1 Å². The van der Waals surface area contributed by atoms with Crippen molar-refractivity contribution in [3.05, 3.63) is 24.0 Å². The molecule has 0 spiro atoms. The van der Waals surface area contributed by atoms with Crippen LogP contribution in [-0.4, -0.2) is 24.1 Å². The predicted octanol–water partition coefficient (Wildman–Crippen LogP) is 2.39. The molecule has 0 aliphatic heterocycles. The summed E-state index contributed by atoms with van der Waals surface area (Å²) in [7, 11) is 0. The molecule has 0 aliphatic carbocycles. The van der Waals surface area contributed by atoms with Gasteiger partial charge in [0.15, 0.2) is 6.61 Å². The van der Waals surface area contributed by atoms with Crippen LogP contribution in [0, 0.1) is 6.92 Å². The average molecular weight is 232 g/mol. The number of hydrogen-bond acceptors (Lipinski definition) is 3. The van der Waals surface area contributed by atoms with E-state index < -0.39 is 19.1 Å². The van der Waals surface area contributed by atoms with Crippen molar-refractivity contribution in [1.82, 2.24) is 4.98 Å². The fourth-order valence-electron chi connectivity index (χ4n) is 0.787. The van der Waals surface area contributed by atoms with Crippen LogP contribution < -0.4 is 10.5 Å². The maximum absolute atomic E-state index is 12.6. The molecule has 0 fully saturated rings. The van der Waals surface area contributed by atoms with E-state index in [0.29, 0.717) is 5.75 Å². The van der Waals surface area contributed by atoms with E-state index in [2.05, 4.69) is 4.98 Å². The third-order valence-electron chi connectivity index (χ3n) is 1.63. The van der Waals surface area contributed by atoms with Crippen molar-refractivity contribution in [3.63, 3.8) is 0 Å². The predicted molar refractivity (Wildman–Crippen MR) is 59.8 cm³/mol. The minimum Gasteiger partial charge on any atom is -0.486 e. The number of halogens is 2. The smallest absolute Gasteiger partial charge is 0.293 e. The molecule has 1 rings (SSSR count). The van der Waals surface area contributed by atoms with Crippen LogP contribution in [0.4, 0.5) is 8.78 Å². The zero-order valence-corrected chi connectivity index (χ0v) is 9.84. The Labute approximate surface area is 94.6 Å². The molecule has 16 heavy (non-hydrogen) atoms. The van der Waals surface area contributed by atoms with Crippen molar-refractivity contribution in [1.29, 1.82) is 0 Å². The molecule has 5 heteroatoms. The van der Waals surface area contributed by atoms with Gasteiger partial charge >= 0.3 is 0 Å². The molecule has 0 saturated heterocycles. The highest BCUT2D eigenvalue weighted by atomic mass is 19.3. The normalized spacial score (nSPS) is 10.4. The molecule has 0 saturated carbocycles. The van der Waals surface area contributed by atoms with Gasteiger partial charge in [-0.15, -0.1) is 0 Å². The first-order valence-corrected chi connectivity index (χ1v) is 5.17. The van der Waals surface area contributed by atoms with E-state index in [4.69, 9.17) is 10.5 Å². The van der Waals surface area contributed by atoms with Gasteiger partial charge in [-0.2, -0.15) is 0 Å². The minimum atomic E-state index is -2.98. The number of aryl methyl sites for hydroxylation is 1. The first-order chi connectivity index (χ1) is 7.53. The molecular formula is C11H18F2N2O. The SMILES string of the molecule is CC.Cc1ccc(OCC(F)(F)CN)cn1. The monoisotopic (exact) mass is 232 g/mol. The van der Waals surface area contributed by atoms with Crippen molar-refractivity contribution in [2.24, 2.45) is 5.73 Å². The van der Waals surface area contributed by atoms with Gasteiger partial charge in [-0.3, -0.25) is 4.98 Å². The van der Waals surface area contributed by atoms with Gasteiger partial charge < -0.3 is 10.5 Å². The van der Waals surface area contributed by atoms with Gasteiger partial charge in [-0.25, -0.2) is 8.78 Å². The summed E-state index contributed by atoms with van der Waals surface area (Å²) in [6, 6.07) is 3.28. The van der Waals surface area contributed by atoms with Crippen molar-refractivity contribution < 1.29 is 13.5 Å². The quantitative estimate of drug-likeness (QED) is 0.867. The highest BCUT2D eigenvalue weighted by molar-refractivity contribution is 5.19. The number of nitrogens with two attached hydrogens (primary N) is 1. The number of rotatable bonds is 4. The Morgan fingerprint density at radius 2 is 2.00 bits per heavy atom. The maximum atomic E-state index is 12.6. The molecule has 0 radical (unpaired) electrons. The van der Waals surface area contributed by atoms with Gasteiger partial charge in [0, 0.05) is 5.69 Å². The second-order valence-corrected chi connectivity index (χ2v) is 2.98. The standard InChI is InChI=1S/C9H12F2N2O.C2H6/c1-7-2-3-8(4-13-7)14-6-9(10,11)5-12;1-2/h2-4H,5-6,12H2,1H3;1-2H3. The van der Waals surface area contributed by atoms with Gasteiger partial charge in [0.1, 0.15) is 5.75 Å². The summed E-state index contributed by atoms with van der Waals surface area (Å²) >= 11 is 0. The Morgan fingerprint density at radius 1 is 1.38 bits per heavy atom. The molecule has 1 aromatic heterocycles. The summed E-state index contributed by atoms with van der Waals surface area (Å²) in [4.78, 5) is 3.90. The largest absolute Gasteiger partial charge is 0.486 e. The molecule has 0 atom stereocenters. The lowest BCUT2D eigenvalue weighted by Crippen LogP contribution is -2.34. The number of pyridine rings is 1. The van der Waals surface area contributed by atoms with Gasteiger partial charge in [-0.05, 0) is 19.1 Å². The van der Waals surface area contributed by atoms with Crippen LogP contribution in [0.5, 0.6) is 5.75 Å². The molecule has 0 aromatic carbocycles. The highest BCUT2D eigenvalue weighted by Crippen LogP contribution is 2.15. The van der Waals surface area contributed by atoms with Crippen LogP contribution >= 0.6 is 0 Å². The maximum Gasteiger partial charge on any atom is 0.293 e. The molecular weight excluding hydrogens is 214 g/mol. The molecule has 1 heterocycles. The van der Waals surface area contributed by atoms with Crippen LogP contribution in [0.3, 0.4) is 0 Å². The van der Waals surface area contributed by atoms with E-state index in [9.17, 15) is 8.78 Å². The molecule has 92 valence electrons. The molecule has 1 aromatic rings. The third-order valence-corrected chi connectivity index (χ3v) is 1.63. The number of ether oxygens (including phenoxy) is 1. The van der Waals surface area contributed by atoms with Crippen LogP contribution in [-0.2, 0) is 0 Å². The topological polar surface area (TPSA) is 48.1 Å². The summed E-state index contributed by atoms with van der Waals surface area (Å²) in [6.45, 7) is 4.37. The van der Waals surface area contributed by atoms with E-state index in [1.807, 2.05) is 13.8 Å². The van der Waals surface area contributed by atoms with Crippen molar-refractivity contribution in [2.75, 3.05) is 13.2 Å². The average Bonchev–Trinajstić information content (AvgIpc) is 2.31. The molecule has 3 nitrogen and oxygen atoms in total. The lowest BCUT2D eigenvalue weighted by atomic mass is 10.3. The second kappa shape index (κ2) is 7.11. The van der Waals surface area contributed by atoms with Gasteiger partial charge in [0.2, 0.25) is 0 Å². The number of nitrogens with zero attached hydrogens (tertiary/aromatic N) is 1. The van der Waals surface area contributed by atoms with Crippen molar-refractivity contribution in [3.8, 4) is 5.75 Å². The second-order valence-electron chi connectivity index (χ2n) is 2.98. The fraction of sp³-hybridized carbons (Fsp3) is 0.545. The minimum absolute atomic E-state index is 0.323. The van der Waals surface area contributed by atoms with Crippen LogP contribution in [0.25, 0.3) is 0 Å². The van der Waals surface area contributed by atoms with Crippen LogP contribution in [0.2, 0.25) is 0 Å². The van der Waals surface area contributed by atoms with E-state index in [1.165, 1.54) is 6.20 Å². The van der Waals surface area contributed by atoms with Crippen molar-refractivity contribution >= 4 is 0 Å². The Hall–Kier alpha value is -1.23. The Morgan fingerprint density at radius 3 is 2.44 bits per heavy atom. The van der Waals surface area contributed by atoms with Crippen molar-refractivity contribution in [2.45, 2.75) is 26.7 Å². The molecule has 0 amide bonds. The zero-order chi connectivity index (χ0) is 12.6. The first-order valence-electron chi connectivity index (χ1n) is 5.17. The van der Waals surface area contributed by atoms with Crippen LogP contribution in [0.15, 0.2) is 18.3 Å². The van der Waals surface area contributed by atoms with E-state index in [-0.39, 0.29) is 0 Å². The lowest BCUT2D eigenvalue weighted by Gasteiger charge is -2.14. The summed E-state index contributed by atoms with van der Waals surface area (Å²) in [5, 5.41) is 0. The molecule has 2 N–H and O–H groups in total. The highest BCUT2D eigenvalue weighted by Gasteiger charge is 2.27. The lowest BCUT2D eigenvalue weighted by molar-refractivity contribution is -0.0320. The van der Waals surface area contributed by atoms with Gasteiger partial charge in [0.05, 0.1) is 12.7 Å². The summed E-state index contributed by atoms with van der Waals surface area (Å²) in [5.74, 6) is -2.66. The van der Waals surface area contributed by atoms with E-state index in [0.717, 1.165) is 5.69 Å². The summed E-state index contributed by atoms with van der Waals surface area (Å²) in [5.41, 5.74) is 5.66. The third kappa shape index (κ3) is 5.60. The number of hydrogen-bond donors (Lipinski definition) is 1. The molecule has 0 unspecified atom stereocenters. The fourth-order valence-corrected chi connectivity index (χ4v) is 0.787. The first kappa shape index (κ1) is 14.8. The number of alkyl halides is 2. The molecule has 0 bridgehead atoms. The zero-order valence-electron chi connectivity index (χ0n) is 9.84. The van der Waals surface area contributed by atoms with E-state index >= 15 is 0 Å². The Kier molecular flexibility index (Phi) is 6.56. The summed E-state index contributed by atoms with van der Waals surface area (Å²) in [6.07, 6.45) is 1.40. The Bertz CT molecular complexity index is 289. The Balaban J connectivity index is 0.00000106. The van der Waals surface area contributed by atoms with Gasteiger partial charge in [0.25, 0.3) is 5.92 Å². The van der Waals surface area contributed by atoms with Crippen LogP contribution in [0.1, 0.15) is 19.5 Å². The number of aromatic nitrogens is 1. The molecule has 0 aliphatic rings. The van der Waals surface area contributed by atoms with Gasteiger partial charge in [-0.1, -0.05) is 13.8 Å². The summed E-state index contributed by atoms with van der Waals surface area (Å²) < 4.78 is 30.1.